The Balaban J connectivity index is 2.89. The molecule has 1 aromatic carbocycles. The predicted molar refractivity (Wildman–Crippen MR) is 47.5 cm³/mol. The van der Waals surface area contributed by atoms with Gasteiger partial charge < -0.3 is 5.32 Å². The van der Waals surface area contributed by atoms with Crippen LogP contribution in [0.4, 0.5) is 0 Å². The minimum absolute atomic E-state index is 0.836. The lowest BCUT2D eigenvalue weighted by atomic mass is 10.1. The molecule has 2 rings (SSSR count). The van der Waals surface area contributed by atoms with E-state index in [0.717, 1.165) is 12.2 Å². The van der Waals surface area contributed by atoms with E-state index < -0.39 is 0 Å². The molecule has 0 saturated heterocycles. The van der Waals surface area contributed by atoms with E-state index in [9.17, 15) is 0 Å². The van der Waals surface area contributed by atoms with Crippen LogP contribution in [0, 0.1) is 0 Å². The molecule has 0 N–H and O–H groups in total. The van der Waals surface area contributed by atoms with Crippen molar-refractivity contribution in [2.45, 2.75) is 6.92 Å². The summed E-state index contributed by atoms with van der Waals surface area (Å²) in [5, 5.41) is 6.93. The van der Waals surface area contributed by atoms with Crippen molar-refractivity contribution in [2.75, 3.05) is 6.54 Å². The average Bonchev–Trinajstić information content (AvgIpc) is 2.06. The molecule has 0 radical (unpaired) electrons. The quantitative estimate of drug-likeness (QED) is 0.515. The maximum atomic E-state index is 4.33. The molecule has 0 spiro atoms. The van der Waals surface area contributed by atoms with Crippen LogP contribution < -0.4 is 10.4 Å². The van der Waals surface area contributed by atoms with Crippen LogP contribution in [0.5, 0.6) is 0 Å². The summed E-state index contributed by atoms with van der Waals surface area (Å²) in [5.74, 6) is 0. The first-order valence-electron chi connectivity index (χ1n) is 3.81. The smallest absolute Gasteiger partial charge is 0.0255 e. The van der Waals surface area contributed by atoms with Gasteiger partial charge in [0.1, 0.15) is 0 Å². The minimum atomic E-state index is 0.836. The summed E-state index contributed by atoms with van der Waals surface area (Å²) in [6.07, 6.45) is 2.16. The van der Waals surface area contributed by atoms with E-state index in [-0.39, 0.29) is 0 Å². The van der Waals surface area contributed by atoms with Gasteiger partial charge in [-0.15, -0.1) is 6.54 Å². The van der Waals surface area contributed by atoms with Gasteiger partial charge in [-0.1, -0.05) is 37.3 Å². The monoisotopic (exact) mass is 144 g/mol. The zero-order valence-corrected chi connectivity index (χ0v) is 6.54. The lowest BCUT2D eigenvalue weighted by Gasteiger charge is -2.23. The molecular formula is C10H10N-. The minimum Gasteiger partial charge on any atom is -0.684 e. The molecule has 56 valence electrons. The normalized spacial score (nSPS) is 14.8. The number of fused-ring (bicyclic) bond motifs is 1. The van der Waals surface area contributed by atoms with E-state index in [2.05, 4.69) is 42.6 Å². The summed E-state index contributed by atoms with van der Waals surface area (Å²) >= 11 is 0. The molecular weight excluding hydrogens is 134 g/mol. The summed E-state index contributed by atoms with van der Waals surface area (Å²) in [6, 6.07) is 8.36. The van der Waals surface area contributed by atoms with E-state index in [1.165, 1.54) is 10.4 Å². The van der Waals surface area contributed by atoms with Crippen LogP contribution in [0.1, 0.15) is 6.92 Å². The summed E-state index contributed by atoms with van der Waals surface area (Å²) in [5.41, 5.74) is 1.16. The third-order valence-electron chi connectivity index (χ3n) is 1.99. The van der Waals surface area contributed by atoms with Crippen LogP contribution in [0.3, 0.4) is 0 Å². The highest BCUT2D eigenvalue weighted by molar-refractivity contribution is 5.60. The van der Waals surface area contributed by atoms with Gasteiger partial charge in [0.2, 0.25) is 0 Å². The Hall–Kier alpha value is -1.24. The Morgan fingerprint density at radius 1 is 1.27 bits per heavy atom. The molecule has 1 aliphatic heterocycles. The topological polar surface area (TPSA) is 14.1 Å². The fourth-order valence-electron chi connectivity index (χ4n) is 1.37. The van der Waals surface area contributed by atoms with Crippen molar-refractivity contribution in [3.8, 4) is 0 Å². The first-order chi connectivity index (χ1) is 5.38. The molecule has 1 aromatic rings. The number of nitrogens with zero attached hydrogens (tertiary/aromatic N) is 1. The lowest BCUT2D eigenvalue weighted by Crippen LogP contribution is -2.28. The van der Waals surface area contributed by atoms with Crippen molar-refractivity contribution in [1.29, 1.82) is 0 Å². The summed E-state index contributed by atoms with van der Waals surface area (Å²) in [6.45, 7) is 2.90. The van der Waals surface area contributed by atoms with Gasteiger partial charge in [0.15, 0.2) is 0 Å². The molecule has 1 nitrogen and oxygen atoms in total. The molecule has 0 saturated carbocycles. The molecule has 1 heteroatoms. The van der Waals surface area contributed by atoms with Gasteiger partial charge in [0.25, 0.3) is 0 Å². The highest BCUT2D eigenvalue weighted by Crippen LogP contribution is 2.03. The maximum Gasteiger partial charge on any atom is -0.0255 e. The Bertz CT molecular complexity index is 376. The van der Waals surface area contributed by atoms with Crippen molar-refractivity contribution < 1.29 is 0 Å². The average molecular weight is 144 g/mol. The third kappa shape index (κ3) is 1.03. The van der Waals surface area contributed by atoms with Gasteiger partial charge in [0.05, 0.1) is 0 Å². The Morgan fingerprint density at radius 3 is 2.91 bits per heavy atom. The van der Waals surface area contributed by atoms with Crippen molar-refractivity contribution in [2.24, 2.45) is 0 Å². The predicted octanol–water partition coefficient (Wildman–Crippen LogP) is 0.982. The molecule has 11 heavy (non-hydrogen) atoms. The maximum absolute atomic E-state index is 4.33. The number of hydrogen-bond acceptors (Lipinski definition) is 0. The van der Waals surface area contributed by atoms with E-state index >= 15 is 0 Å². The van der Waals surface area contributed by atoms with Crippen LogP contribution in [0.15, 0.2) is 24.3 Å². The van der Waals surface area contributed by atoms with Gasteiger partial charge in [-0.2, -0.15) is 5.70 Å². The highest BCUT2D eigenvalue weighted by atomic mass is 14.9. The Kier molecular flexibility index (Phi) is 1.42. The van der Waals surface area contributed by atoms with E-state index in [0.29, 0.717) is 0 Å². The SMILES string of the molecule is CC1=c2ccccc2=CC[N-]1. The molecule has 0 amide bonds. The van der Waals surface area contributed by atoms with Crippen LogP contribution >= 0.6 is 0 Å². The van der Waals surface area contributed by atoms with Crippen molar-refractivity contribution >= 4 is 11.8 Å². The zero-order chi connectivity index (χ0) is 7.68. The molecule has 0 aliphatic carbocycles. The van der Waals surface area contributed by atoms with Crippen LogP contribution in [-0.4, -0.2) is 6.54 Å². The van der Waals surface area contributed by atoms with Crippen molar-refractivity contribution in [1.82, 2.24) is 0 Å². The molecule has 0 aromatic heterocycles. The van der Waals surface area contributed by atoms with E-state index in [1.807, 2.05) is 0 Å². The molecule has 0 fully saturated rings. The van der Waals surface area contributed by atoms with Gasteiger partial charge in [-0.05, 0) is 10.4 Å². The Morgan fingerprint density at radius 2 is 2.09 bits per heavy atom. The van der Waals surface area contributed by atoms with Crippen LogP contribution in [0.2, 0.25) is 0 Å². The molecule has 0 unspecified atom stereocenters. The summed E-state index contributed by atoms with van der Waals surface area (Å²) in [4.78, 5) is 0. The third-order valence-corrected chi connectivity index (χ3v) is 1.99. The number of rotatable bonds is 0. The van der Waals surface area contributed by atoms with E-state index in [1.54, 1.807) is 0 Å². The summed E-state index contributed by atoms with van der Waals surface area (Å²) in [7, 11) is 0. The second kappa shape index (κ2) is 2.42. The van der Waals surface area contributed by atoms with Crippen LogP contribution in [0.25, 0.3) is 17.1 Å². The fourth-order valence-corrected chi connectivity index (χ4v) is 1.37. The van der Waals surface area contributed by atoms with Crippen molar-refractivity contribution in [3.63, 3.8) is 0 Å². The highest BCUT2D eigenvalue weighted by Gasteiger charge is 1.86. The number of hydrogen-bond donors (Lipinski definition) is 0. The van der Waals surface area contributed by atoms with Crippen molar-refractivity contribution in [3.05, 3.63) is 40.0 Å². The van der Waals surface area contributed by atoms with Gasteiger partial charge >= 0.3 is 0 Å². The molecule has 0 atom stereocenters. The first kappa shape index (κ1) is 6.47. The standard InChI is InChI=1S/C10H10N/c1-8-10-5-3-2-4-9(10)6-7-11-8/h2-6H,7H2,1H3/q-1. The fraction of sp³-hybridized carbons (Fsp3) is 0.200. The molecule has 1 heterocycles. The van der Waals surface area contributed by atoms with Gasteiger partial charge in [-0.3, -0.25) is 0 Å². The van der Waals surface area contributed by atoms with Crippen LogP contribution in [-0.2, 0) is 0 Å². The zero-order valence-electron chi connectivity index (χ0n) is 6.54. The molecule has 1 aliphatic rings. The van der Waals surface area contributed by atoms with Gasteiger partial charge in [0, 0.05) is 0 Å². The van der Waals surface area contributed by atoms with E-state index in [4.69, 9.17) is 0 Å². The largest absolute Gasteiger partial charge is 0.684 e. The second-order valence-electron chi connectivity index (χ2n) is 2.72. The second-order valence-corrected chi connectivity index (χ2v) is 2.72. The Labute approximate surface area is 66.1 Å². The first-order valence-corrected chi connectivity index (χ1v) is 3.81. The molecule has 0 bridgehead atoms. The summed E-state index contributed by atoms with van der Waals surface area (Å²) < 4.78 is 0. The van der Waals surface area contributed by atoms with Gasteiger partial charge in [-0.25, -0.2) is 0 Å². The lowest BCUT2D eigenvalue weighted by molar-refractivity contribution is 1.35. The number of benzene rings is 1.